The van der Waals surface area contributed by atoms with Crippen molar-refractivity contribution in [2.24, 2.45) is 17.8 Å². The third-order valence-corrected chi connectivity index (χ3v) is 5.76. The van der Waals surface area contributed by atoms with E-state index in [1.54, 1.807) is 0 Å². The molecular formula is C17H30N2O. The Morgan fingerprint density at radius 2 is 1.70 bits per heavy atom. The Kier molecular flexibility index (Phi) is 4.34. The van der Waals surface area contributed by atoms with Gasteiger partial charge in [0.25, 0.3) is 0 Å². The second-order valence-electron chi connectivity index (χ2n) is 7.41. The van der Waals surface area contributed by atoms with Gasteiger partial charge in [0.15, 0.2) is 0 Å². The number of likely N-dealkylation sites (tertiary alicyclic amines) is 1. The summed E-state index contributed by atoms with van der Waals surface area (Å²) in [5.74, 6) is 2.45. The maximum absolute atomic E-state index is 12.9. The van der Waals surface area contributed by atoms with Gasteiger partial charge < -0.3 is 9.80 Å². The fourth-order valence-electron chi connectivity index (χ4n) is 4.55. The van der Waals surface area contributed by atoms with E-state index in [4.69, 9.17) is 0 Å². The van der Waals surface area contributed by atoms with E-state index in [-0.39, 0.29) is 0 Å². The molecule has 1 amide bonds. The van der Waals surface area contributed by atoms with E-state index in [2.05, 4.69) is 23.9 Å². The van der Waals surface area contributed by atoms with E-state index < -0.39 is 0 Å². The van der Waals surface area contributed by atoms with Crippen LogP contribution in [0.2, 0.25) is 0 Å². The number of hydrogen-bond donors (Lipinski definition) is 0. The number of hydrogen-bond acceptors (Lipinski definition) is 2. The third kappa shape index (κ3) is 2.88. The van der Waals surface area contributed by atoms with Gasteiger partial charge in [0.2, 0.25) is 5.91 Å². The monoisotopic (exact) mass is 278 g/mol. The van der Waals surface area contributed by atoms with Gasteiger partial charge in [0.1, 0.15) is 0 Å². The molecule has 20 heavy (non-hydrogen) atoms. The second-order valence-corrected chi connectivity index (χ2v) is 7.41. The SMILES string of the molecule is CN(C)CC[C@@H]1CCCCN1C(=O)C1[C@@H]2CCCC[C@@H]12. The highest BCUT2D eigenvalue weighted by Crippen LogP contribution is 2.56. The topological polar surface area (TPSA) is 23.6 Å². The van der Waals surface area contributed by atoms with Crippen molar-refractivity contribution >= 4 is 5.91 Å². The summed E-state index contributed by atoms with van der Waals surface area (Å²) in [7, 11) is 4.26. The molecule has 1 saturated heterocycles. The van der Waals surface area contributed by atoms with Crippen molar-refractivity contribution in [1.82, 2.24) is 9.80 Å². The lowest BCUT2D eigenvalue weighted by Gasteiger charge is -2.37. The summed E-state index contributed by atoms with van der Waals surface area (Å²) < 4.78 is 0. The molecule has 1 heterocycles. The van der Waals surface area contributed by atoms with Crippen LogP contribution >= 0.6 is 0 Å². The Morgan fingerprint density at radius 3 is 2.35 bits per heavy atom. The highest BCUT2D eigenvalue weighted by Gasteiger charge is 2.56. The number of carbonyl (C=O) groups excluding carboxylic acids is 1. The average Bonchev–Trinajstić information content (AvgIpc) is 3.19. The molecule has 3 heteroatoms. The fraction of sp³-hybridized carbons (Fsp3) is 0.941. The van der Waals surface area contributed by atoms with Crippen LogP contribution in [0, 0.1) is 17.8 Å². The van der Waals surface area contributed by atoms with Crippen molar-refractivity contribution in [2.75, 3.05) is 27.2 Å². The molecule has 0 N–H and O–H groups in total. The molecule has 3 aliphatic rings. The van der Waals surface area contributed by atoms with Gasteiger partial charge in [-0.2, -0.15) is 0 Å². The van der Waals surface area contributed by atoms with Gasteiger partial charge in [0.05, 0.1) is 0 Å². The lowest BCUT2D eigenvalue weighted by molar-refractivity contribution is -0.137. The molecule has 2 saturated carbocycles. The molecule has 0 bridgehead atoms. The summed E-state index contributed by atoms with van der Waals surface area (Å²) in [5.41, 5.74) is 0. The van der Waals surface area contributed by atoms with Crippen LogP contribution in [0.5, 0.6) is 0 Å². The van der Waals surface area contributed by atoms with Crippen LogP contribution in [0.25, 0.3) is 0 Å². The largest absolute Gasteiger partial charge is 0.339 e. The van der Waals surface area contributed by atoms with Gasteiger partial charge in [-0.25, -0.2) is 0 Å². The lowest BCUT2D eigenvalue weighted by Crippen LogP contribution is -2.46. The number of piperidine rings is 1. The van der Waals surface area contributed by atoms with Crippen molar-refractivity contribution in [3.63, 3.8) is 0 Å². The van der Waals surface area contributed by atoms with Crippen molar-refractivity contribution in [2.45, 2.75) is 57.4 Å². The molecule has 0 aromatic rings. The molecule has 0 unspecified atom stereocenters. The van der Waals surface area contributed by atoms with E-state index in [0.29, 0.717) is 17.9 Å². The number of amides is 1. The first-order valence-electron chi connectivity index (χ1n) is 8.63. The van der Waals surface area contributed by atoms with Gasteiger partial charge in [0, 0.05) is 18.5 Å². The van der Waals surface area contributed by atoms with Crippen molar-refractivity contribution in [1.29, 1.82) is 0 Å². The lowest BCUT2D eigenvalue weighted by atomic mass is 9.98. The predicted octanol–water partition coefficient (Wildman–Crippen LogP) is 2.76. The van der Waals surface area contributed by atoms with Gasteiger partial charge in [-0.15, -0.1) is 0 Å². The molecule has 3 fully saturated rings. The molecule has 3 rings (SSSR count). The Bertz CT molecular complexity index is 343. The maximum Gasteiger partial charge on any atom is 0.226 e. The minimum absolute atomic E-state index is 0.414. The molecule has 2 aliphatic carbocycles. The summed E-state index contributed by atoms with van der Waals surface area (Å²) in [6.45, 7) is 2.12. The number of fused-ring (bicyclic) bond motifs is 1. The summed E-state index contributed by atoms with van der Waals surface area (Å²) in [6, 6.07) is 0.515. The normalized spacial score (nSPS) is 36.9. The minimum Gasteiger partial charge on any atom is -0.339 e. The van der Waals surface area contributed by atoms with Crippen LogP contribution in [0.15, 0.2) is 0 Å². The first-order chi connectivity index (χ1) is 9.68. The van der Waals surface area contributed by atoms with Gasteiger partial charge in [-0.1, -0.05) is 12.8 Å². The Hall–Kier alpha value is -0.570. The average molecular weight is 278 g/mol. The highest BCUT2D eigenvalue weighted by molar-refractivity contribution is 5.82. The standard InChI is InChI=1S/C17H30N2O/c1-18(2)12-10-13-7-5-6-11-19(13)17(20)16-14-8-3-4-9-15(14)16/h13-16H,3-12H2,1-2H3/t13-,14+,15+/m0/s1. The zero-order valence-electron chi connectivity index (χ0n) is 13.2. The first-order valence-corrected chi connectivity index (χ1v) is 8.63. The van der Waals surface area contributed by atoms with Crippen molar-refractivity contribution in [3.8, 4) is 0 Å². The van der Waals surface area contributed by atoms with Crippen LogP contribution in [0.4, 0.5) is 0 Å². The zero-order chi connectivity index (χ0) is 14.1. The Balaban J connectivity index is 1.59. The molecule has 0 aromatic carbocycles. The summed E-state index contributed by atoms with van der Waals surface area (Å²) in [4.78, 5) is 17.4. The third-order valence-electron chi connectivity index (χ3n) is 5.76. The minimum atomic E-state index is 0.414. The molecule has 0 aromatic heterocycles. The van der Waals surface area contributed by atoms with E-state index in [0.717, 1.165) is 31.3 Å². The van der Waals surface area contributed by atoms with E-state index in [9.17, 15) is 4.79 Å². The predicted molar refractivity (Wildman–Crippen MR) is 81.5 cm³/mol. The summed E-state index contributed by atoms with van der Waals surface area (Å²) >= 11 is 0. The highest BCUT2D eigenvalue weighted by atomic mass is 16.2. The molecular weight excluding hydrogens is 248 g/mol. The quantitative estimate of drug-likeness (QED) is 0.789. The smallest absolute Gasteiger partial charge is 0.226 e. The molecule has 3 nitrogen and oxygen atoms in total. The number of nitrogens with zero attached hydrogens (tertiary/aromatic N) is 2. The van der Waals surface area contributed by atoms with Crippen molar-refractivity contribution < 1.29 is 4.79 Å². The second kappa shape index (κ2) is 6.05. The van der Waals surface area contributed by atoms with E-state index in [1.165, 1.54) is 44.9 Å². The van der Waals surface area contributed by atoms with Crippen LogP contribution in [0.1, 0.15) is 51.4 Å². The molecule has 0 radical (unpaired) electrons. The number of carbonyl (C=O) groups is 1. The summed E-state index contributed by atoms with van der Waals surface area (Å²) in [6.07, 6.45) is 10.2. The molecule has 3 atom stereocenters. The van der Waals surface area contributed by atoms with Gasteiger partial charge in [-0.3, -0.25) is 4.79 Å². The Labute approximate surface area is 123 Å². The van der Waals surface area contributed by atoms with Crippen molar-refractivity contribution in [3.05, 3.63) is 0 Å². The van der Waals surface area contributed by atoms with Crippen LogP contribution < -0.4 is 0 Å². The first kappa shape index (κ1) is 14.4. The zero-order valence-corrected chi connectivity index (χ0v) is 13.2. The molecule has 1 aliphatic heterocycles. The van der Waals surface area contributed by atoms with Crippen LogP contribution in [-0.4, -0.2) is 48.9 Å². The van der Waals surface area contributed by atoms with Gasteiger partial charge >= 0.3 is 0 Å². The maximum atomic E-state index is 12.9. The molecule has 0 spiro atoms. The fourth-order valence-corrected chi connectivity index (χ4v) is 4.55. The van der Waals surface area contributed by atoms with Crippen LogP contribution in [-0.2, 0) is 4.79 Å². The van der Waals surface area contributed by atoms with E-state index >= 15 is 0 Å². The molecule has 114 valence electrons. The summed E-state index contributed by atoms with van der Waals surface area (Å²) in [5, 5.41) is 0. The number of rotatable bonds is 4. The van der Waals surface area contributed by atoms with Crippen LogP contribution in [0.3, 0.4) is 0 Å². The van der Waals surface area contributed by atoms with Gasteiger partial charge in [-0.05, 0) is 71.0 Å². The Morgan fingerprint density at radius 1 is 1.05 bits per heavy atom. The van der Waals surface area contributed by atoms with E-state index in [1.807, 2.05) is 0 Å².